The Morgan fingerprint density at radius 3 is 2.92 bits per heavy atom. The van der Waals surface area contributed by atoms with Crippen LogP contribution in [0.25, 0.3) is 0 Å². The molecule has 0 aromatic carbocycles. The Morgan fingerprint density at radius 1 is 1.46 bits per heavy atom. The number of ether oxygens (including phenoxy) is 2. The van der Waals surface area contributed by atoms with Crippen molar-refractivity contribution in [2.24, 2.45) is 16.8 Å². The summed E-state index contributed by atoms with van der Waals surface area (Å²) in [5.74, 6) is 1.33. The lowest BCUT2D eigenvalue weighted by Crippen LogP contribution is -2.40. The van der Waals surface area contributed by atoms with E-state index in [0.717, 1.165) is 24.6 Å². The minimum absolute atomic E-state index is 0.119. The Bertz CT molecular complexity index is 591. The highest BCUT2D eigenvalue weighted by Gasteiger charge is 2.36. The number of methoxy groups -OCH3 is 2. The highest BCUT2D eigenvalue weighted by molar-refractivity contribution is 5.82. The number of guanidine groups is 1. The summed E-state index contributed by atoms with van der Waals surface area (Å²) in [7, 11) is 3.04. The molecule has 1 N–H and O–H groups in total. The Hall–Kier alpha value is -2.31. The maximum Gasteiger partial charge on any atom is 0.310 e. The molecule has 132 valence electrons. The molecule has 1 aliphatic heterocycles. The number of likely N-dealkylation sites (tertiary alicyclic amines) is 1. The number of hydrogen-bond acceptors (Lipinski definition) is 5. The van der Waals surface area contributed by atoms with Gasteiger partial charge in [0.1, 0.15) is 0 Å². The van der Waals surface area contributed by atoms with Crippen molar-refractivity contribution in [3.05, 3.63) is 23.9 Å². The number of carbonyl (C=O) groups is 1. The molecule has 1 aromatic heterocycles. The average molecular weight is 334 g/mol. The summed E-state index contributed by atoms with van der Waals surface area (Å²) in [5, 5.41) is 3.29. The number of nitrogens with one attached hydrogen (secondary N) is 1. The number of carbonyl (C=O) groups excluding carboxylic acids is 1. The Labute approximate surface area is 143 Å². The van der Waals surface area contributed by atoms with Crippen LogP contribution in [0.15, 0.2) is 23.3 Å². The summed E-state index contributed by atoms with van der Waals surface area (Å²) in [5.41, 5.74) is 0.923. The number of aliphatic imine (C=N–C) groups is 1. The van der Waals surface area contributed by atoms with Crippen molar-refractivity contribution in [1.82, 2.24) is 15.2 Å². The van der Waals surface area contributed by atoms with Crippen molar-refractivity contribution in [2.45, 2.75) is 20.4 Å². The number of esters is 1. The molecule has 0 bridgehead atoms. The van der Waals surface area contributed by atoms with Crippen LogP contribution in [0.5, 0.6) is 5.88 Å². The molecule has 2 atom stereocenters. The predicted octanol–water partition coefficient (Wildman–Crippen LogP) is 1.30. The second kappa shape index (κ2) is 8.52. The second-order valence-electron chi connectivity index (χ2n) is 5.85. The maximum absolute atomic E-state index is 11.9. The zero-order valence-corrected chi connectivity index (χ0v) is 14.8. The van der Waals surface area contributed by atoms with E-state index in [1.165, 1.54) is 7.11 Å². The highest BCUT2D eigenvalue weighted by atomic mass is 16.5. The summed E-state index contributed by atoms with van der Waals surface area (Å²) in [6, 6.07) is 3.81. The van der Waals surface area contributed by atoms with Gasteiger partial charge in [-0.15, -0.1) is 0 Å². The van der Waals surface area contributed by atoms with Crippen LogP contribution >= 0.6 is 0 Å². The maximum atomic E-state index is 11.9. The highest BCUT2D eigenvalue weighted by Crippen LogP contribution is 2.24. The van der Waals surface area contributed by atoms with Crippen LogP contribution in [-0.2, 0) is 16.1 Å². The first-order chi connectivity index (χ1) is 11.6. The van der Waals surface area contributed by atoms with Gasteiger partial charge in [-0.05, 0) is 18.9 Å². The number of rotatable bonds is 5. The van der Waals surface area contributed by atoms with Crippen LogP contribution in [0.1, 0.15) is 19.4 Å². The lowest BCUT2D eigenvalue weighted by molar-refractivity contribution is -0.145. The van der Waals surface area contributed by atoms with Gasteiger partial charge in [-0.1, -0.05) is 13.0 Å². The average Bonchev–Trinajstić information content (AvgIpc) is 2.99. The Morgan fingerprint density at radius 2 is 2.25 bits per heavy atom. The van der Waals surface area contributed by atoms with Gasteiger partial charge in [0.15, 0.2) is 5.96 Å². The third-order valence-corrected chi connectivity index (χ3v) is 4.19. The van der Waals surface area contributed by atoms with Crippen LogP contribution in [0.4, 0.5) is 0 Å². The van der Waals surface area contributed by atoms with Gasteiger partial charge in [-0.25, -0.2) is 9.98 Å². The lowest BCUT2D eigenvalue weighted by atomic mass is 9.99. The number of nitrogens with zero attached hydrogens (tertiary/aromatic N) is 3. The first-order valence-corrected chi connectivity index (χ1v) is 8.19. The Balaban J connectivity index is 2.13. The molecule has 7 heteroatoms. The van der Waals surface area contributed by atoms with E-state index in [1.54, 1.807) is 13.3 Å². The molecule has 0 radical (unpaired) electrons. The van der Waals surface area contributed by atoms with E-state index >= 15 is 0 Å². The van der Waals surface area contributed by atoms with Gasteiger partial charge >= 0.3 is 5.97 Å². The molecule has 2 heterocycles. The molecule has 7 nitrogen and oxygen atoms in total. The first-order valence-electron chi connectivity index (χ1n) is 8.19. The number of pyridine rings is 1. The third kappa shape index (κ3) is 4.15. The van der Waals surface area contributed by atoms with Crippen molar-refractivity contribution in [1.29, 1.82) is 0 Å². The van der Waals surface area contributed by atoms with E-state index in [9.17, 15) is 4.79 Å². The van der Waals surface area contributed by atoms with Gasteiger partial charge in [-0.2, -0.15) is 0 Å². The molecule has 2 unspecified atom stereocenters. The molecule has 1 saturated heterocycles. The third-order valence-electron chi connectivity index (χ3n) is 4.19. The molecule has 1 aliphatic rings. The van der Waals surface area contributed by atoms with E-state index in [0.29, 0.717) is 19.0 Å². The van der Waals surface area contributed by atoms with Gasteiger partial charge in [0.25, 0.3) is 0 Å². The molecule has 0 saturated carbocycles. The van der Waals surface area contributed by atoms with Crippen LogP contribution in [0, 0.1) is 11.8 Å². The van der Waals surface area contributed by atoms with Gasteiger partial charge in [0.2, 0.25) is 5.88 Å². The van der Waals surface area contributed by atoms with Gasteiger partial charge < -0.3 is 19.7 Å². The van der Waals surface area contributed by atoms with Gasteiger partial charge in [0, 0.05) is 31.4 Å². The number of aromatic nitrogens is 1. The van der Waals surface area contributed by atoms with Crippen LogP contribution < -0.4 is 10.1 Å². The Kier molecular flexibility index (Phi) is 6.40. The minimum atomic E-state index is -0.158. The molecule has 2 rings (SSSR count). The standard InChI is InChI=1S/C17H26N4O3/c1-5-18-17(20-9-13-7-6-8-19-15(13)23-3)21-10-12(2)14(11-21)16(22)24-4/h6-8,12,14H,5,9-11H2,1-4H3,(H,18,20). The smallest absolute Gasteiger partial charge is 0.310 e. The molecule has 0 spiro atoms. The van der Waals surface area contributed by atoms with Crippen molar-refractivity contribution in [3.8, 4) is 5.88 Å². The minimum Gasteiger partial charge on any atom is -0.481 e. The molecule has 0 amide bonds. The summed E-state index contributed by atoms with van der Waals surface area (Å²) in [6.07, 6.45) is 1.69. The fraction of sp³-hybridized carbons (Fsp3) is 0.588. The zero-order valence-electron chi connectivity index (χ0n) is 14.8. The largest absolute Gasteiger partial charge is 0.481 e. The second-order valence-corrected chi connectivity index (χ2v) is 5.85. The zero-order chi connectivity index (χ0) is 17.5. The van der Waals surface area contributed by atoms with Crippen molar-refractivity contribution in [2.75, 3.05) is 33.9 Å². The van der Waals surface area contributed by atoms with E-state index in [2.05, 4.69) is 27.1 Å². The van der Waals surface area contributed by atoms with E-state index in [-0.39, 0.29) is 17.8 Å². The molecular formula is C17H26N4O3. The quantitative estimate of drug-likeness (QED) is 0.497. The first kappa shape index (κ1) is 18.0. The van der Waals surface area contributed by atoms with Gasteiger partial charge in [-0.3, -0.25) is 4.79 Å². The molecular weight excluding hydrogens is 308 g/mol. The summed E-state index contributed by atoms with van der Waals surface area (Å²) >= 11 is 0. The monoisotopic (exact) mass is 334 g/mol. The number of hydrogen-bond donors (Lipinski definition) is 1. The lowest BCUT2D eigenvalue weighted by Gasteiger charge is -2.21. The fourth-order valence-corrected chi connectivity index (χ4v) is 2.91. The summed E-state index contributed by atoms with van der Waals surface area (Å²) in [4.78, 5) is 22.9. The topological polar surface area (TPSA) is 76.1 Å². The van der Waals surface area contributed by atoms with Crippen molar-refractivity contribution < 1.29 is 14.3 Å². The normalized spacial score (nSPS) is 20.8. The molecule has 1 aromatic rings. The van der Waals surface area contributed by atoms with E-state index in [4.69, 9.17) is 9.47 Å². The van der Waals surface area contributed by atoms with Crippen molar-refractivity contribution in [3.63, 3.8) is 0 Å². The molecule has 0 aliphatic carbocycles. The van der Waals surface area contributed by atoms with Crippen molar-refractivity contribution >= 4 is 11.9 Å². The van der Waals surface area contributed by atoms with E-state index < -0.39 is 0 Å². The summed E-state index contributed by atoms with van der Waals surface area (Å²) in [6.45, 7) is 6.70. The van der Waals surface area contributed by atoms with E-state index in [1.807, 2.05) is 19.1 Å². The molecule has 24 heavy (non-hydrogen) atoms. The fourth-order valence-electron chi connectivity index (χ4n) is 2.91. The van der Waals surface area contributed by atoms with Crippen LogP contribution in [0.3, 0.4) is 0 Å². The predicted molar refractivity (Wildman–Crippen MR) is 91.8 cm³/mol. The molecule has 1 fully saturated rings. The van der Waals surface area contributed by atoms with Crippen LogP contribution in [0.2, 0.25) is 0 Å². The van der Waals surface area contributed by atoms with Crippen LogP contribution in [-0.4, -0.2) is 55.7 Å². The SMILES string of the molecule is CCNC(=NCc1cccnc1OC)N1CC(C)C(C(=O)OC)C1. The van der Waals surface area contributed by atoms with Gasteiger partial charge in [0.05, 0.1) is 26.7 Å². The summed E-state index contributed by atoms with van der Waals surface area (Å²) < 4.78 is 10.2.